The molecule has 2 aromatic heterocycles. The molecule has 0 amide bonds. The highest BCUT2D eigenvalue weighted by Crippen LogP contribution is 2.20. The molecule has 0 saturated heterocycles. The summed E-state index contributed by atoms with van der Waals surface area (Å²) < 4.78 is 6.59. The monoisotopic (exact) mass is 381 g/mol. The number of nitrogens with zero attached hydrogens (tertiary/aromatic N) is 3. The molecule has 0 aliphatic rings. The van der Waals surface area contributed by atoms with Gasteiger partial charge in [0.15, 0.2) is 5.82 Å². The predicted molar refractivity (Wildman–Crippen MR) is 101 cm³/mol. The molecule has 0 fully saturated rings. The van der Waals surface area contributed by atoms with Gasteiger partial charge in [0.05, 0.1) is 22.7 Å². The number of hydrogen-bond acceptors (Lipinski definition) is 6. The Morgan fingerprint density at radius 2 is 2.04 bits per heavy atom. The van der Waals surface area contributed by atoms with Gasteiger partial charge in [-0.1, -0.05) is 18.2 Å². The van der Waals surface area contributed by atoms with Crippen molar-refractivity contribution in [2.45, 2.75) is 26.2 Å². The number of nitro groups is 1. The van der Waals surface area contributed by atoms with Crippen LogP contribution in [0.25, 0.3) is 5.52 Å². The van der Waals surface area contributed by atoms with Crippen LogP contribution in [-0.4, -0.2) is 32.7 Å². The summed E-state index contributed by atoms with van der Waals surface area (Å²) in [6.45, 7) is 2.10. The summed E-state index contributed by atoms with van der Waals surface area (Å²) in [6, 6.07) is 11.0. The molecule has 28 heavy (non-hydrogen) atoms. The molecular weight excluding hydrogens is 362 g/mol. The van der Waals surface area contributed by atoms with Gasteiger partial charge in [0.1, 0.15) is 0 Å². The Hall–Kier alpha value is -3.55. The molecule has 0 N–H and O–H groups in total. The molecule has 0 unspecified atom stereocenters. The maximum atomic E-state index is 12.9. The van der Waals surface area contributed by atoms with E-state index < -0.39 is 10.7 Å². The lowest BCUT2D eigenvalue weighted by molar-refractivity contribution is -0.384. The van der Waals surface area contributed by atoms with Crippen LogP contribution < -0.4 is 0 Å². The van der Waals surface area contributed by atoms with E-state index in [1.165, 1.54) is 24.3 Å². The summed E-state index contributed by atoms with van der Waals surface area (Å²) in [5.41, 5.74) is 1.50. The van der Waals surface area contributed by atoms with Crippen molar-refractivity contribution in [2.75, 3.05) is 6.61 Å². The third-order valence-corrected chi connectivity index (χ3v) is 4.25. The normalized spacial score (nSPS) is 10.8. The fourth-order valence-electron chi connectivity index (χ4n) is 2.97. The fraction of sp³-hybridized carbons (Fsp3) is 0.250. The number of ketones is 1. The Bertz CT molecular complexity index is 1040. The van der Waals surface area contributed by atoms with Crippen LogP contribution in [0.3, 0.4) is 0 Å². The summed E-state index contributed by atoms with van der Waals surface area (Å²) in [7, 11) is 0. The molecule has 8 heteroatoms. The number of esters is 1. The lowest BCUT2D eigenvalue weighted by Gasteiger charge is -2.01. The lowest BCUT2D eigenvalue weighted by Crippen LogP contribution is -2.07. The van der Waals surface area contributed by atoms with Crippen LogP contribution in [0, 0.1) is 10.1 Å². The standard InChI is InChI=1S/C20H19N3O5/c1-2-28-18(24)11-6-9-16-17-10-3-4-12-22(17)20(21-16)19(25)14-7-5-8-15(13-14)23(26)27/h3-5,7-8,10,12-13H,2,6,9,11H2,1H3. The van der Waals surface area contributed by atoms with Gasteiger partial charge in [-0.25, -0.2) is 4.98 Å². The van der Waals surface area contributed by atoms with Gasteiger partial charge in [-0.2, -0.15) is 0 Å². The highest BCUT2D eigenvalue weighted by Gasteiger charge is 2.20. The molecular formula is C20H19N3O5. The van der Waals surface area contributed by atoms with E-state index in [9.17, 15) is 19.7 Å². The van der Waals surface area contributed by atoms with E-state index in [0.717, 1.165) is 5.52 Å². The van der Waals surface area contributed by atoms with Gasteiger partial charge in [-0.05, 0) is 31.9 Å². The largest absolute Gasteiger partial charge is 0.466 e. The van der Waals surface area contributed by atoms with Gasteiger partial charge in [0, 0.05) is 30.3 Å². The van der Waals surface area contributed by atoms with E-state index in [-0.39, 0.29) is 29.5 Å². The molecule has 0 atom stereocenters. The van der Waals surface area contributed by atoms with E-state index in [1.807, 2.05) is 12.1 Å². The molecule has 3 rings (SSSR count). The molecule has 144 valence electrons. The molecule has 0 saturated carbocycles. The van der Waals surface area contributed by atoms with Gasteiger partial charge < -0.3 is 4.74 Å². The summed E-state index contributed by atoms with van der Waals surface area (Å²) in [5, 5.41) is 11.0. The first-order valence-electron chi connectivity index (χ1n) is 8.92. The van der Waals surface area contributed by atoms with E-state index in [2.05, 4.69) is 4.98 Å². The number of carbonyl (C=O) groups is 2. The topological polar surface area (TPSA) is 104 Å². The number of benzene rings is 1. The molecule has 0 radical (unpaired) electrons. The van der Waals surface area contributed by atoms with Gasteiger partial charge in [0.2, 0.25) is 5.78 Å². The third-order valence-electron chi connectivity index (χ3n) is 4.25. The SMILES string of the molecule is CCOC(=O)CCCc1nc(C(=O)c2cccc([N+](=O)[O-])c2)n2ccccc12. The number of carbonyl (C=O) groups excluding carboxylic acids is 2. The van der Waals surface area contributed by atoms with Crippen LogP contribution in [0.5, 0.6) is 0 Å². The van der Waals surface area contributed by atoms with E-state index in [4.69, 9.17) is 4.74 Å². The molecule has 0 aliphatic heterocycles. The first-order valence-corrected chi connectivity index (χ1v) is 8.92. The number of fused-ring (bicyclic) bond motifs is 1. The molecule has 1 aromatic carbocycles. The highest BCUT2D eigenvalue weighted by atomic mass is 16.6. The number of rotatable bonds is 8. The Kier molecular flexibility index (Phi) is 5.78. The maximum absolute atomic E-state index is 12.9. The van der Waals surface area contributed by atoms with Gasteiger partial charge in [0.25, 0.3) is 5.69 Å². The third kappa shape index (κ3) is 4.06. The van der Waals surface area contributed by atoms with Crippen LogP contribution in [0.2, 0.25) is 0 Å². The number of aryl methyl sites for hydroxylation is 1. The molecule has 0 spiro atoms. The van der Waals surface area contributed by atoms with Crippen molar-refractivity contribution in [2.24, 2.45) is 0 Å². The van der Waals surface area contributed by atoms with Crippen molar-refractivity contribution in [3.63, 3.8) is 0 Å². The number of aromatic nitrogens is 2. The number of pyridine rings is 1. The smallest absolute Gasteiger partial charge is 0.305 e. The van der Waals surface area contributed by atoms with Crippen molar-refractivity contribution in [3.8, 4) is 0 Å². The number of non-ortho nitro benzene ring substituents is 1. The second kappa shape index (κ2) is 8.43. The first kappa shape index (κ1) is 19.2. The predicted octanol–water partition coefficient (Wildman–Crippen LogP) is 3.36. The Morgan fingerprint density at radius 1 is 1.21 bits per heavy atom. The summed E-state index contributed by atoms with van der Waals surface area (Å²) in [6.07, 6.45) is 3.05. The van der Waals surface area contributed by atoms with Crippen LogP contribution >= 0.6 is 0 Å². The zero-order valence-electron chi connectivity index (χ0n) is 15.3. The minimum Gasteiger partial charge on any atom is -0.466 e. The molecule has 2 heterocycles. The zero-order valence-corrected chi connectivity index (χ0v) is 15.3. The number of ether oxygens (including phenoxy) is 1. The van der Waals surface area contributed by atoms with Crippen LogP contribution in [0.1, 0.15) is 41.6 Å². The van der Waals surface area contributed by atoms with Crippen molar-refractivity contribution in [3.05, 3.63) is 75.9 Å². The van der Waals surface area contributed by atoms with E-state index >= 15 is 0 Å². The van der Waals surface area contributed by atoms with E-state index in [0.29, 0.717) is 25.1 Å². The maximum Gasteiger partial charge on any atom is 0.305 e. The fourth-order valence-corrected chi connectivity index (χ4v) is 2.97. The average Bonchev–Trinajstić information content (AvgIpc) is 3.06. The molecule has 3 aromatic rings. The van der Waals surface area contributed by atoms with Gasteiger partial charge >= 0.3 is 5.97 Å². The second-order valence-electron chi connectivity index (χ2n) is 6.13. The lowest BCUT2D eigenvalue weighted by atomic mass is 10.1. The molecule has 8 nitrogen and oxygen atoms in total. The summed E-state index contributed by atoms with van der Waals surface area (Å²) >= 11 is 0. The quantitative estimate of drug-likeness (QED) is 0.256. The Labute approximate surface area is 160 Å². The zero-order chi connectivity index (χ0) is 20.1. The first-order chi connectivity index (χ1) is 13.5. The minimum atomic E-state index is -0.540. The second-order valence-corrected chi connectivity index (χ2v) is 6.13. The summed E-state index contributed by atoms with van der Waals surface area (Å²) in [5.74, 6) is -0.484. The van der Waals surface area contributed by atoms with Crippen molar-refractivity contribution < 1.29 is 19.2 Å². The van der Waals surface area contributed by atoms with Crippen LogP contribution in [0.4, 0.5) is 5.69 Å². The van der Waals surface area contributed by atoms with E-state index in [1.54, 1.807) is 23.6 Å². The van der Waals surface area contributed by atoms with Crippen molar-refractivity contribution >= 4 is 23.0 Å². The number of nitro benzene ring substituents is 1. The number of imidazole rings is 1. The van der Waals surface area contributed by atoms with Gasteiger partial charge in [-0.15, -0.1) is 0 Å². The van der Waals surface area contributed by atoms with Gasteiger partial charge in [-0.3, -0.25) is 24.1 Å². The average molecular weight is 381 g/mol. The summed E-state index contributed by atoms with van der Waals surface area (Å²) in [4.78, 5) is 39.4. The van der Waals surface area contributed by atoms with Crippen LogP contribution in [-0.2, 0) is 16.0 Å². The molecule has 0 bridgehead atoms. The molecule has 0 aliphatic carbocycles. The Balaban J connectivity index is 1.89. The van der Waals surface area contributed by atoms with Crippen molar-refractivity contribution in [1.29, 1.82) is 0 Å². The van der Waals surface area contributed by atoms with Crippen LogP contribution in [0.15, 0.2) is 48.7 Å². The minimum absolute atomic E-state index is 0.152. The van der Waals surface area contributed by atoms with Crippen molar-refractivity contribution in [1.82, 2.24) is 9.38 Å². The number of hydrogen-bond donors (Lipinski definition) is 0. The Morgan fingerprint density at radius 3 is 2.79 bits per heavy atom. The highest BCUT2D eigenvalue weighted by molar-refractivity contribution is 6.07.